The van der Waals surface area contributed by atoms with E-state index < -0.39 is 10.0 Å². The van der Waals surface area contributed by atoms with Gasteiger partial charge in [0.05, 0.1) is 10.6 Å². The van der Waals surface area contributed by atoms with Crippen LogP contribution in [0.1, 0.15) is 11.1 Å². The third-order valence-electron chi connectivity index (χ3n) is 6.02. The largest absolute Gasteiger partial charge is 0.486 e. The first kappa shape index (κ1) is 21.7. The minimum Gasteiger partial charge on any atom is -0.486 e. The van der Waals surface area contributed by atoms with Crippen molar-refractivity contribution in [2.45, 2.75) is 18.7 Å². The Morgan fingerprint density at radius 1 is 0.818 bits per heavy atom. The molecule has 9 heteroatoms. The van der Waals surface area contributed by atoms with Gasteiger partial charge in [-0.2, -0.15) is 4.31 Å². The lowest BCUT2D eigenvalue weighted by Crippen LogP contribution is -2.49. The van der Waals surface area contributed by atoms with Gasteiger partial charge in [-0.1, -0.05) is 23.8 Å². The number of hydrogen-bond donors (Lipinski definition) is 0. The van der Waals surface area contributed by atoms with Gasteiger partial charge in [0.25, 0.3) is 0 Å². The van der Waals surface area contributed by atoms with Crippen LogP contribution in [0, 0.1) is 13.8 Å². The van der Waals surface area contributed by atoms with E-state index in [-0.39, 0.29) is 4.90 Å². The van der Waals surface area contributed by atoms with Crippen LogP contribution in [0.2, 0.25) is 0 Å². The summed E-state index contributed by atoms with van der Waals surface area (Å²) in [6, 6.07) is 15.0. The number of benzene rings is 2. The molecule has 0 radical (unpaired) electrons. The fourth-order valence-electron chi connectivity index (χ4n) is 4.23. The first-order valence-electron chi connectivity index (χ1n) is 11.0. The summed E-state index contributed by atoms with van der Waals surface area (Å²) in [5.41, 5.74) is 4.27. The number of piperazine rings is 1. The SMILES string of the molecule is Cc1ccc(-c2ccc(N3CCN(S(=O)(=O)c4ccc5c(c4)OCCO5)CC3)nn2)c(C)c1. The van der Waals surface area contributed by atoms with E-state index >= 15 is 0 Å². The van der Waals surface area contributed by atoms with E-state index in [0.29, 0.717) is 50.9 Å². The minimum absolute atomic E-state index is 0.220. The predicted octanol–water partition coefficient (Wildman–Crippen LogP) is 3.04. The van der Waals surface area contributed by atoms with Crippen LogP contribution in [0.4, 0.5) is 5.82 Å². The summed E-state index contributed by atoms with van der Waals surface area (Å²) in [5, 5.41) is 8.84. The smallest absolute Gasteiger partial charge is 0.243 e. The molecule has 0 unspecified atom stereocenters. The van der Waals surface area contributed by atoms with Gasteiger partial charge in [-0.05, 0) is 43.7 Å². The highest BCUT2D eigenvalue weighted by Gasteiger charge is 2.30. The van der Waals surface area contributed by atoms with Crippen LogP contribution >= 0.6 is 0 Å². The lowest BCUT2D eigenvalue weighted by molar-refractivity contribution is 0.171. The summed E-state index contributed by atoms with van der Waals surface area (Å²) < 4.78 is 38.9. The summed E-state index contributed by atoms with van der Waals surface area (Å²) in [4.78, 5) is 2.28. The number of rotatable bonds is 4. The van der Waals surface area contributed by atoms with Crippen LogP contribution in [-0.2, 0) is 10.0 Å². The molecule has 172 valence electrons. The summed E-state index contributed by atoms with van der Waals surface area (Å²) in [7, 11) is -3.62. The van der Waals surface area contributed by atoms with E-state index in [0.717, 1.165) is 22.6 Å². The lowest BCUT2D eigenvalue weighted by Gasteiger charge is -2.34. The normalized spacial score (nSPS) is 16.6. The number of aryl methyl sites for hydroxylation is 2. The summed E-state index contributed by atoms with van der Waals surface area (Å²) in [6.45, 7) is 6.85. The van der Waals surface area contributed by atoms with Gasteiger partial charge in [0, 0.05) is 37.8 Å². The number of ether oxygens (including phenoxy) is 2. The monoisotopic (exact) mass is 466 g/mol. The van der Waals surface area contributed by atoms with Crippen molar-refractivity contribution in [1.29, 1.82) is 0 Å². The zero-order valence-corrected chi connectivity index (χ0v) is 19.5. The van der Waals surface area contributed by atoms with Crippen molar-refractivity contribution in [1.82, 2.24) is 14.5 Å². The minimum atomic E-state index is -3.62. The molecule has 8 nitrogen and oxygen atoms in total. The van der Waals surface area contributed by atoms with Gasteiger partial charge in [0.2, 0.25) is 10.0 Å². The molecule has 3 aromatic rings. The molecule has 3 heterocycles. The second-order valence-corrected chi connectivity index (χ2v) is 10.2. The van der Waals surface area contributed by atoms with E-state index in [2.05, 4.69) is 47.1 Å². The first-order valence-corrected chi connectivity index (χ1v) is 12.4. The average molecular weight is 467 g/mol. The number of fused-ring (bicyclic) bond motifs is 1. The number of nitrogens with zero attached hydrogens (tertiary/aromatic N) is 4. The van der Waals surface area contributed by atoms with Crippen molar-refractivity contribution in [3.05, 3.63) is 59.7 Å². The molecule has 2 aliphatic heterocycles. The molecule has 0 bridgehead atoms. The van der Waals surface area contributed by atoms with E-state index in [9.17, 15) is 8.42 Å². The topological polar surface area (TPSA) is 84.9 Å². The summed E-state index contributed by atoms with van der Waals surface area (Å²) in [6.07, 6.45) is 0. The van der Waals surface area contributed by atoms with Crippen molar-refractivity contribution in [3.63, 3.8) is 0 Å². The maximum atomic E-state index is 13.2. The molecular formula is C24H26N4O4S. The molecule has 1 aromatic heterocycles. The molecule has 2 aromatic carbocycles. The summed E-state index contributed by atoms with van der Waals surface area (Å²) >= 11 is 0. The van der Waals surface area contributed by atoms with E-state index in [1.54, 1.807) is 18.2 Å². The van der Waals surface area contributed by atoms with Crippen molar-refractivity contribution >= 4 is 15.8 Å². The Morgan fingerprint density at radius 3 is 2.27 bits per heavy atom. The fourth-order valence-corrected chi connectivity index (χ4v) is 5.67. The Morgan fingerprint density at radius 2 is 1.58 bits per heavy atom. The van der Waals surface area contributed by atoms with Crippen LogP contribution in [-0.4, -0.2) is 62.3 Å². The van der Waals surface area contributed by atoms with Crippen LogP contribution in [0.15, 0.2) is 53.4 Å². The first-order chi connectivity index (χ1) is 15.9. The molecule has 0 spiro atoms. The Kier molecular flexibility index (Phi) is 5.67. The Bertz CT molecular complexity index is 1270. The fraction of sp³-hybridized carbons (Fsp3) is 0.333. The average Bonchev–Trinajstić information content (AvgIpc) is 2.84. The number of sulfonamides is 1. The van der Waals surface area contributed by atoms with Crippen molar-refractivity contribution in [2.24, 2.45) is 0 Å². The summed E-state index contributed by atoms with van der Waals surface area (Å²) in [5.74, 6) is 1.80. The quantitative estimate of drug-likeness (QED) is 0.584. The third kappa shape index (κ3) is 4.26. The molecular weight excluding hydrogens is 440 g/mol. The van der Waals surface area contributed by atoms with Gasteiger partial charge in [-0.15, -0.1) is 10.2 Å². The molecule has 1 saturated heterocycles. The maximum Gasteiger partial charge on any atom is 0.243 e. The highest BCUT2D eigenvalue weighted by molar-refractivity contribution is 7.89. The van der Waals surface area contributed by atoms with Crippen LogP contribution in [0.5, 0.6) is 11.5 Å². The third-order valence-corrected chi connectivity index (χ3v) is 7.92. The molecule has 0 amide bonds. The molecule has 0 N–H and O–H groups in total. The number of hydrogen-bond acceptors (Lipinski definition) is 7. The molecule has 2 aliphatic rings. The van der Waals surface area contributed by atoms with Crippen LogP contribution < -0.4 is 14.4 Å². The second kappa shape index (κ2) is 8.64. The van der Waals surface area contributed by atoms with Crippen LogP contribution in [0.25, 0.3) is 11.3 Å². The highest BCUT2D eigenvalue weighted by atomic mass is 32.2. The zero-order valence-electron chi connectivity index (χ0n) is 18.7. The molecule has 33 heavy (non-hydrogen) atoms. The van der Waals surface area contributed by atoms with Crippen molar-refractivity contribution < 1.29 is 17.9 Å². The predicted molar refractivity (Wildman–Crippen MR) is 125 cm³/mol. The maximum absolute atomic E-state index is 13.2. The van der Waals surface area contributed by atoms with E-state index in [4.69, 9.17) is 9.47 Å². The van der Waals surface area contributed by atoms with Gasteiger partial charge in [-0.3, -0.25) is 0 Å². The van der Waals surface area contributed by atoms with Gasteiger partial charge in [-0.25, -0.2) is 8.42 Å². The molecule has 5 rings (SSSR count). The van der Waals surface area contributed by atoms with Crippen molar-refractivity contribution in [2.75, 3.05) is 44.3 Å². The Balaban J connectivity index is 1.27. The number of anilines is 1. The van der Waals surface area contributed by atoms with Gasteiger partial charge < -0.3 is 14.4 Å². The van der Waals surface area contributed by atoms with Gasteiger partial charge >= 0.3 is 0 Å². The van der Waals surface area contributed by atoms with Crippen LogP contribution in [0.3, 0.4) is 0 Å². The standard InChI is InChI=1S/C24H26N4O4S/c1-17-3-5-20(18(2)15-17)21-6-8-24(26-25-21)27-9-11-28(12-10-27)33(29,30)19-4-7-22-23(16-19)32-14-13-31-22/h3-8,15-16H,9-14H2,1-2H3. The van der Waals surface area contributed by atoms with E-state index in [1.165, 1.54) is 9.87 Å². The Labute approximate surface area is 193 Å². The van der Waals surface area contributed by atoms with Gasteiger partial charge in [0.1, 0.15) is 13.2 Å². The Hall–Kier alpha value is -3.17. The molecule has 1 fully saturated rings. The molecule has 0 saturated carbocycles. The second-order valence-electron chi connectivity index (χ2n) is 8.29. The van der Waals surface area contributed by atoms with E-state index in [1.807, 2.05) is 12.1 Å². The lowest BCUT2D eigenvalue weighted by atomic mass is 10.0. The highest BCUT2D eigenvalue weighted by Crippen LogP contribution is 2.33. The zero-order chi connectivity index (χ0) is 23.0. The van der Waals surface area contributed by atoms with Gasteiger partial charge in [0.15, 0.2) is 17.3 Å². The molecule has 0 aliphatic carbocycles. The van der Waals surface area contributed by atoms with Crippen molar-refractivity contribution in [3.8, 4) is 22.8 Å². The number of aromatic nitrogens is 2. The molecule has 0 atom stereocenters.